The second-order valence-electron chi connectivity index (χ2n) is 5.45. The maximum atomic E-state index is 12.2. The lowest BCUT2D eigenvalue weighted by atomic mass is 10.3. The van der Waals surface area contributed by atoms with Gasteiger partial charge < -0.3 is 14.3 Å². The molecular formula is C18H14N4O3S. The van der Waals surface area contributed by atoms with Gasteiger partial charge in [0, 0.05) is 42.4 Å². The summed E-state index contributed by atoms with van der Waals surface area (Å²) in [4.78, 5) is 20.8. The van der Waals surface area contributed by atoms with Crippen LogP contribution in [0.5, 0.6) is 0 Å². The third-order valence-electron chi connectivity index (χ3n) is 3.63. The van der Waals surface area contributed by atoms with Crippen LogP contribution >= 0.6 is 11.3 Å². The van der Waals surface area contributed by atoms with Crippen LogP contribution in [0.2, 0.25) is 0 Å². The SMILES string of the molecule is O=C(NCCc1csc(-c2cccnc2)n1)c1cc(-c2ccco2)on1. The first-order chi connectivity index (χ1) is 12.8. The van der Waals surface area contributed by atoms with Crippen molar-refractivity contribution in [2.75, 3.05) is 6.54 Å². The van der Waals surface area contributed by atoms with Crippen LogP contribution in [0.15, 0.2) is 63.3 Å². The van der Waals surface area contributed by atoms with Gasteiger partial charge in [-0.15, -0.1) is 11.3 Å². The molecule has 0 saturated heterocycles. The fourth-order valence-electron chi connectivity index (χ4n) is 2.36. The Bertz CT molecular complexity index is 993. The molecule has 4 heterocycles. The molecule has 0 saturated carbocycles. The topological polar surface area (TPSA) is 94.1 Å². The zero-order chi connectivity index (χ0) is 17.8. The molecule has 0 unspecified atom stereocenters. The lowest BCUT2D eigenvalue weighted by Gasteiger charge is -2.00. The first-order valence-corrected chi connectivity index (χ1v) is 8.81. The van der Waals surface area contributed by atoms with Crippen LogP contribution in [-0.2, 0) is 6.42 Å². The standard InChI is InChI=1S/C18H14N4O3S/c23-17(14-9-16(25-22-14)15-4-2-8-24-15)20-7-5-13-11-26-18(21-13)12-3-1-6-19-10-12/h1-4,6,8-11H,5,7H2,(H,20,23). The molecule has 4 aromatic rings. The molecule has 0 radical (unpaired) electrons. The summed E-state index contributed by atoms with van der Waals surface area (Å²) in [5.41, 5.74) is 2.12. The molecule has 0 aliphatic rings. The Morgan fingerprint density at radius 3 is 3.00 bits per heavy atom. The van der Waals surface area contributed by atoms with Crippen LogP contribution in [0, 0.1) is 0 Å². The van der Waals surface area contributed by atoms with E-state index in [1.165, 1.54) is 6.26 Å². The zero-order valence-corrected chi connectivity index (χ0v) is 14.4. The van der Waals surface area contributed by atoms with Crippen LogP contribution in [0.1, 0.15) is 16.2 Å². The van der Waals surface area contributed by atoms with Gasteiger partial charge in [0.05, 0.1) is 12.0 Å². The van der Waals surface area contributed by atoms with Gasteiger partial charge in [-0.1, -0.05) is 5.16 Å². The fraction of sp³-hybridized carbons (Fsp3) is 0.111. The minimum absolute atomic E-state index is 0.214. The summed E-state index contributed by atoms with van der Waals surface area (Å²) >= 11 is 1.56. The van der Waals surface area contributed by atoms with E-state index >= 15 is 0 Å². The third kappa shape index (κ3) is 3.55. The fourth-order valence-corrected chi connectivity index (χ4v) is 3.20. The number of nitrogens with zero attached hydrogens (tertiary/aromatic N) is 3. The van der Waals surface area contributed by atoms with Gasteiger partial charge in [-0.25, -0.2) is 4.98 Å². The number of amides is 1. The average molecular weight is 366 g/mol. The monoisotopic (exact) mass is 366 g/mol. The van der Waals surface area contributed by atoms with E-state index in [1.54, 1.807) is 41.9 Å². The van der Waals surface area contributed by atoms with Crippen LogP contribution in [0.3, 0.4) is 0 Å². The van der Waals surface area contributed by atoms with Gasteiger partial charge in [-0.3, -0.25) is 9.78 Å². The summed E-state index contributed by atoms with van der Waals surface area (Å²) in [6.45, 7) is 0.456. The normalized spacial score (nSPS) is 10.8. The highest BCUT2D eigenvalue weighted by Gasteiger charge is 2.15. The zero-order valence-electron chi connectivity index (χ0n) is 13.6. The molecular weight excluding hydrogens is 352 g/mol. The number of aromatic nitrogens is 3. The molecule has 0 aliphatic carbocycles. The summed E-state index contributed by atoms with van der Waals surface area (Å²) < 4.78 is 10.3. The number of carbonyl (C=O) groups excluding carboxylic acids is 1. The van der Waals surface area contributed by atoms with Crippen molar-refractivity contribution in [2.24, 2.45) is 0 Å². The number of furan rings is 1. The minimum atomic E-state index is -0.297. The Balaban J connectivity index is 1.32. The number of carbonyl (C=O) groups is 1. The van der Waals surface area contributed by atoms with E-state index in [1.807, 2.05) is 17.5 Å². The Kier molecular flexibility index (Phi) is 4.57. The highest BCUT2D eigenvalue weighted by molar-refractivity contribution is 7.13. The Morgan fingerprint density at radius 2 is 2.19 bits per heavy atom. The Morgan fingerprint density at radius 1 is 1.23 bits per heavy atom. The third-order valence-corrected chi connectivity index (χ3v) is 4.57. The molecule has 0 bridgehead atoms. The molecule has 0 spiro atoms. The van der Waals surface area contributed by atoms with Crippen molar-refractivity contribution < 1.29 is 13.7 Å². The molecule has 130 valence electrons. The smallest absolute Gasteiger partial charge is 0.273 e. The largest absolute Gasteiger partial charge is 0.461 e. The van der Waals surface area contributed by atoms with Gasteiger partial charge in [0.15, 0.2) is 11.5 Å². The van der Waals surface area contributed by atoms with Crippen LogP contribution in [-0.4, -0.2) is 27.6 Å². The van der Waals surface area contributed by atoms with E-state index in [4.69, 9.17) is 8.94 Å². The Labute approximate surface area is 152 Å². The van der Waals surface area contributed by atoms with Crippen molar-refractivity contribution in [3.05, 3.63) is 65.8 Å². The highest BCUT2D eigenvalue weighted by atomic mass is 32.1. The molecule has 8 heteroatoms. The van der Waals surface area contributed by atoms with Gasteiger partial charge in [0.25, 0.3) is 5.91 Å². The van der Waals surface area contributed by atoms with Crippen molar-refractivity contribution >= 4 is 17.2 Å². The summed E-state index contributed by atoms with van der Waals surface area (Å²) in [5.74, 6) is 0.650. The van der Waals surface area contributed by atoms with Crippen molar-refractivity contribution in [3.63, 3.8) is 0 Å². The average Bonchev–Trinajstić information content (AvgIpc) is 3.42. The molecule has 26 heavy (non-hydrogen) atoms. The van der Waals surface area contributed by atoms with E-state index in [9.17, 15) is 4.79 Å². The predicted octanol–water partition coefficient (Wildman–Crippen LogP) is 3.43. The summed E-state index contributed by atoms with van der Waals surface area (Å²) in [6.07, 6.45) is 5.68. The van der Waals surface area contributed by atoms with Crippen LogP contribution < -0.4 is 5.32 Å². The highest BCUT2D eigenvalue weighted by Crippen LogP contribution is 2.23. The lowest BCUT2D eigenvalue weighted by Crippen LogP contribution is -2.26. The molecule has 7 nitrogen and oxygen atoms in total. The molecule has 4 rings (SSSR count). The molecule has 0 aliphatic heterocycles. The molecule has 1 N–H and O–H groups in total. The molecule has 0 atom stereocenters. The van der Waals surface area contributed by atoms with Gasteiger partial charge >= 0.3 is 0 Å². The van der Waals surface area contributed by atoms with Crippen molar-refractivity contribution in [2.45, 2.75) is 6.42 Å². The first-order valence-electron chi connectivity index (χ1n) is 7.93. The minimum Gasteiger partial charge on any atom is -0.461 e. The molecule has 1 amide bonds. The van der Waals surface area contributed by atoms with Gasteiger partial charge in [-0.2, -0.15) is 0 Å². The second kappa shape index (κ2) is 7.32. The van der Waals surface area contributed by atoms with Gasteiger partial charge in [0.2, 0.25) is 5.76 Å². The van der Waals surface area contributed by atoms with E-state index in [2.05, 4.69) is 20.4 Å². The van der Waals surface area contributed by atoms with Crippen molar-refractivity contribution in [3.8, 4) is 22.1 Å². The first kappa shape index (κ1) is 16.2. The van der Waals surface area contributed by atoms with Crippen molar-refractivity contribution in [1.82, 2.24) is 20.4 Å². The molecule has 0 aromatic carbocycles. The number of nitrogens with one attached hydrogen (secondary N) is 1. The van der Waals surface area contributed by atoms with E-state index in [0.29, 0.717) is 24.5 Å². The molecule has 4 aromatic heterocycles. The maximum absolute atomic E-state index is 12.2. The van der Waals surface area contributed by atoms with Crippen molar-refractivity contribution in [1.29, 1.82) is 0 Å². The van der Waals surface area contributed by atoms with Crippen LogP contribution in [0.4, 0.5) is 0 Å². The van der Waals surface area contributed by atoms with Gasteiger partial charge in [0.1, 0.15) is 5.01 Å². The summed E-state index contributed by atoms with van der Waals surface area (Å²) in [6, 6.07) is 8.89. The molecule has 0 fully saturated rings. The lowest BCUT2D eigenvalue weighted by molar-refractivity contribution is 0.0945. The number of rotatable bonds is 6. The predicted molar refractivity (Wildman–Crippen MR) is 95.6 cm³/mol. The van der Waals surface area contributed by atoms with E-state index < -0.39 is 0 Å². The number of hydrogen-bond acceptors (Lipinski definition) is 7. The number of hydrogen-bond donors (Lipinski definition) is 1. The van der Waals surface area contributed by atoms with E-state index in [0.717, 1.165) is 16.3 Å². The number of pyridine rings is 1. The maximum Gasteiger partial charge on any atom is 0.273 e. The quantitative estimate of drug-likeness (QED) is 0.562. The summed E-state index contributed by atoms with van der Waals surface area (Å²) in [7, 11) is 0. The summed E-state index contributed by atoms with van der Waals surface area (Å²) in [5, 5.41) is 9.49. The van der Waals surface area contributed by atoms with Crippen LogP contribution in [0.25, 0.3) is 22.1 Å². The van der Waals surface area contributed by atoms with Gasteiger partial charge in [-0.05, 0) is 24.3 Å². The Hall–Kier alpha value is -3.26. The van der Waals surface area contributed by atoms with E-state index in [-0.39, 0.29) is 11.6 Å². The number of thiazole rings is 1. The second-order valence-corrected chi connectivity index (χ2v) is 6.30.